The second-order valence-corrected chi connectivity index (χ2v) is 2.66. The summed E-state index contributed by atoms with van der Waals surface area (Å²) in [5.41, 5.74) is 1.41. The fourth-order valence-electron chi connectivity index (χ4n) is 1.26. The van der Waals surface area contributed by atoms with Gasteiger partial charge in [-0.15, -0.1) is 0 Å². The molecule has 0 amide bonds. The highest BCUT2D eigenvalue weighted by Crippen LogP contribution is 2.14. The topological polar surface area (TPSA) is 41.6 Å². The summed E-state index contributed by atoms with van der Waals surface area (Å²) < 4.78 is 1.71. The van der Waals surface area contributed by atoms with Crippen molar-refractivity contribution >= 4 is 10.9 Å². The average molecular weight is 157 g/mol. The Kier molecular flexibility index (Phi) is 1.34. The van der Waals surface area contributed by atoms with E-state index in [0.29, 0.717) is 5.56 Å². The number of aromatic nitrogens is 2. The summed E-state index contributed by atoms with van der Waals surface area (Å²) in [6.45, 7) is 0. The lowest BCUT2D eigenvalue weighted by Crippen LogP contribution is -1.86. The Bertz CT molecular complexity index is 462. The molecule has 0 radical (unpaired) electrons. The molecule has 0 unspecified atom stereocenters. The predicted molar refractivity (Wildman–Crippen MR) is 45.4 cm³/mol. The zero-order valence-electron chi connectivity index (χ0n) is 6.65. The molecule has 0 atom stereocenters. The Morgan fingerprint density at radius 1 is 1.50 bits per heavy atom. The van der Waals surface area contributed by atoms with Crippen LogP contribution in [0.1, 0.15) is 5.56 Å². The SMILES string of the molecule is Cn1cc2cccc(C#N)c2n1. The maximum atomic E-state index is 8.75. The minimum atomic E-state index is 0.633. The molecule has 0 aliphatic heterocycles. The number of aryl methyl sites for hydroxylation is 1. The van der Waals surface area contributed by atoms with Gasteiger partial charge in [0.05, 0.1) is 5.56 Å². The molecule has 0 bridgehead atoms. The molecule has 0 aliphatic rings. The van der Waals surface area contributed by atoms with Gasteiger partial charge in [-0.1, -0.05) is 12.1 Å². The summed E-state index contributed by atoms with van der Waals surface area (Å²) in [5.74, 6) is 0. The summed E-state index contributed by atoms with van der Waals surface area (Å²) in [6.07, 6.45) is 1.90. The molecule has 1 aromatic carbocycles. The number of nitrogens with zero attached hydrogens (tertiary/aromatic N) is 3. The van der Waals surface area contributed by atoms with Gasteiger partial charge in [0, 0.05) is 18.6 Å². The average Bonchev–Trinajstić information content (AvgIpc) is 2.44. The van der Waals surface area contributed by atoms with Crippen molar-refractivity contribution in [1.82, 2.24) is 9.78 Å². The standard InChI is InChI=1S/C9H7N3/c1-12-6-8-4-2-3-7(5-10)9(8)11-12/h2-4,6H,1H3. The first kappa shape index (κ1) is 6.86. The van der Waals surface area contributed by atoms with Gasteiger partial charge < -0.3 is 0 Å². The number of fused-ring (bicyclic) bond motifs is 1. The van der Waals surface area contributed by atoms with Gasteiger partial charge in [-0.3, -0.25) is 4.68 Å². The van der Waals surface area contributed by atoms with E-state index in [0.717, 1.165) is 10.9 Å². The van der Waals surface area contributed by atoms with Crippen LogP contribution in [0.3, 0.4) is 0 Å². The molecular weight excluding hydrogens is 150 g/mol. The highest BCUT2D eigenvalue weighted by Gasteiger charge is 2.02. The zero-order valence-corrected chi connectivity index (χ0v) is 6.65. The van der Waals surface area contributed by atoms with E-state index >= 15 is 0 Å². The summed E-state index contributed by atoms with van der Waals surface area (Å²) in [6, 6.07) is 7.69. The van der Waals surface area contributed by atoms with Crippen LogP contribution in [0.4, 0.5) is 0 Å². The monoisotopic (exact) mass is 157 g/mol. The lowest BCUT2D eigenvalue weighted by atomic mass is 10.2. The molecule has 0 saturated heterocycles. The van der Waals surface area contributed by atoms with E-state index in [9.17, 15) is 0 Å². The summed E-state index contributed by atoms with van der Waals surface area (Å²) in [5, 5.41) is 13.9. The molecule has 12 heavy (non-hydrogen) atoms. The molecule has 0 N–H and O–H groups in total. The third-order valence-electron chi connectivity index (χ3n) is 1.77. The number of rotatable bonds is 0. The van der Waals surface area contributed by atoms with Crippen LogP contribution in [0.5, 0.6) is 0 Å². The van der Waals surface area contributed by atoms with Gasteiger partial charge in [0.15, 0.2) is 0 Å². The fraction of sp³-hybridized carbons (Fsp3) is 0.111. The van der Waals surface area contributed by atoms with Gasteiger partial charge in [-0.2, -0.15) is 10.4 Å². The Morgan fingerprint density at radius 2 is 2.33 bits per heavy atom. The van der Waals surface area contributed by atoms with E-state index in [1.165, 1.54) is 0 Å². The van der Waals surface area contributed by atoms with Crippen LogP contribution in [-0.4, -0.2) is 9.78 Å². The van der Waals surface area contributed by atoms with Crippen molar-refractivity contribution in [3.8, 4) is 6.07 Å². The molecule has 3 nitrogen and oxygen atoms in total. The van der Waals surface area contributed by atoms with Gasteiger partial charge in [0.25, 0.3) is 0 Å². The summed E-state index contributed by atoms with van der Waals surface area (Å²) >= 11 is 0. The number of nitriles is 1. The van der Waals surface area contributed by atoms with Gasteiger partial charge >= 0.3 is 0 Å². The molecule has 0 aliphatic carbocycles. The third kappa shape index (κ3) is 0.857. The molecule has 0 fully saturated rings. The van der Waals surface area contributed by atoms with E-state index in [4.69, 9.17) is 5.26 Å². The molecule has 3 heteroatoms. The van der Waals surface area contributed by atoms with Crippen LogP contribution >= 0.6 is 0 Å². The first-order valence-corrected chi connectivity index (χ1v) is 3.64. The first-order chi connectivity index (χ1) is 5.81. The Morgan fingerprint density at radius 3 is 3.08 bits per heavy atom. The molecular formula is C9H7N3. The minimum Gasteiger partial charge on any atom is -0.275 e. The second-order valence-electron chi connectivity index (χ2n) is 2.66. The Balaban J connectivity index is 2.89. The van der Waals surface area contributed by atoms with Crippen molar-refractivity contribution in [2.45, 2.75) is 0 Å². The van der Waals surface area contributed by atoms with Crippen LogP contribution in [0.15, 0.2) is 24.4 Å². The van der Waals surface area contributed by atoms with Crippen LogP contribution < -0.4 is 0 Å². The molecule has 1 heterocycles. The molecule has 2 rings (SSSR count). The molecule has 0 saturated carbocycles. The lowest BCUT2D eigenvalue weighted by molar-refractivity contribution is 0.779. The van der Waals surface area contributed by atoms with Gasteiger partial charge in [0.1, 0.15) is 11.6 Å². The molecule has 2 aromatic rings. The Labute approximate surface area is 69.8 Å². The van der Waals surface area contributed by atoms with Crippen molar-refractivity contribution in [3.05, 3.63) is 30.0 Å². The van der Waals surface area contributed by atoms with Crippen LogP contribution in [0, 0.1) is 11.3 Å². The van der Waals surface area contributed by atoms with Crippen LogP contribution in [0.25, 0.3) is 10.9 Å². The van der Waals surface area contributed by atoms with E-state index in [-0.39, 0.29) is 0 Å². The van der Waals surface area contributed by atoms with E-state index in [1.807, 2.05) is 25.4 Å². The number of hydrogen-bond acceptors (Lipinski definition) is 2. The van der Waals surface area contributed by atoms with Crippen molar-refractivity contribution in [2.75, 3.05) is 0 Å². The highest BCUT2D eigenvalue weighted by molar-refractivity contribution is 5.83. The number of hydrogen-bond donors (Lipinski definition) is 0. The lowest BCUT2D eigenvalue weighted by Gasteiger charge is -1.87. The zero-order chi connectivity index (χ0) is 8.55. The van der Waals surface area contributed by atoms with Crippen LogP contribution in [0.2, 0.25) is 0 Å². The molecule has 58 valence electrons. The van der Waals surface area contributed by atoms with Crippen molar-refractivity contribution in [2.24, 2.45) is 7.05 Å². The normalized spacial score (nSPS) is 10.0. The maximum absolute atomic E-state index is 8.75. The predicted octanol–water partition coefficient (Wildman–Crippen LogP) is 1.44. The molecule has 0 spiro atoms. The van der Waals surface area contributed by atoms with E-state index < -0.39 is 0 Å². The second kappa shape index (κ2) is 2.35. The fourth-order valence-corrected chi connectivity index (χ4v) is 1.26. The quantitative estimate of drug-likeness (QED) is 0.580. The largest absolute Gasteiger partial charge is 0.275 e. The minimum absolute atomic E-state index is 0.633. The summed E-state index contributed by atoms with van der Waals surface area (Å²) in [7, 11) is 1.85. The van der Waals surface area contributed by atoms with E-state index in [2.05, 4.69) is 11.2 Å². The maximum Gasteiger partial charge on any atom is 0.110 e. The van der Waals surface area contributed by atoms with Crippen molar-refractivity contribution in [1.29, 1.82) is 5.26 Å². The van der Waals surface area contributed by atoms with E-state index in [1.54, 1.807) is 10.7 Å². The molecule has 1 aromatic heterocycles. The van der Waals surface area contributed by atoms with Crippen molar-refractivity contribution < 1.29 is 0 Å². The van der Waals surface area contributed by atoms with Crippen LogP contribution in [-0.2, 0) is 7.05 Å². The van der Waals surface area contributed by atoms with Gasteiger partial charge in [-0.05, 0) is 6.07 Å². The van der Waals surface area contributed by atoms with Gasteiger partial charge in [0.2, 0.25) is 0 Å². The Hall–Kier alpha value is -1.82. The smallest absolute Gasteiger partial charge is 0.110 e. The van der Waals surface area contributed by atoms with Crippen molar-refractivity contribution in [3.63, 3.8) is 0 Å². The summed E-state index contributed by atoms with van der Waals surface area (Å²) in [4.78, 5) is 0. The van der Waals surface area contributed by atoms with Gasteiger partial charge in [-0.25, -0.2) is 0 Å². The first-order valence-electron chi connectivity index (χ1n) is 3.64. The third-order valence-corrected chi connectivity index (χ3v) is 1.77. The number of benzene rings is 1. The highest BCUT2D eigenvalue weighted by atomic mass is 15.2.